The number of fused-ring (bicyclic) bond motifs is 1. The van der Waals surface area contributed by atoms with Crippen molar-refractivity contribution in [1.29, 1.82) is 0 Å². The number of rotatable bonds is 7. The molecule has 0 aliphatic heterocycles. The third kappa shape index (κ3) is 3.94. The third-order valence-corrected chi connectivity index (χ3v) is 5.54. The largest absolute Gasteiger partial charge is 0.395 e. The number of nitrogens with one attached hydrogen (secondary N) is 2. The van der Waals surface area contributed by atoms with Gasteiger partial charge >= 0.3 is 0 Å². The van der Waals surface area contributed by atoms with Crippen molar-refractivity contribution in [3.63, 3.8) is 0 Å². The van der Waals surface area contributed by atoms with Crippen LogP contribution < -0.4 is 10.0 Å². The number of aryl methyl sites for hydroxylation is 1. The Balaban J connectivity index is 1.64. The lowest BCUT2D eigenvalue weighted by molar-refractivity contribution is 0.301. The highest BCUT2D eigenvalue weighted by Gasteiger charge is 2.14. The van der Waals surface area contributed by atoms with Crippen LogP contribution in [-0.2, 0) is 17.1 Å². The fourth-order valence-corrected chi connectivity index (χ4v) is 3.73. The van der Waals surface area contributed by atoms with E-state index >= 15 is 0 Å². The fraction of sp³-hybridized carbons (Fsp3) is 0.176. The van der Waals surface area contributed by atoms with E-state index in [1.165, 1.54) is 12.1 Å². The van der Waals surface area contributed by atoms with Gasteiger partial charge < -0.3 is 10.4 Å². The molecule has 1 aromatic carbocycles. The van der Waals surface area contributed by atoms with E-state index in [-0.39, 0.29) is 18.0 Å². The second-order valence-electron chi connectivity index (χ2n) is 6.17. The molecule has 0 amide bonds. The summed E-state index contributed by atoms with van der Waals surface area (Å²) >= 11 is 0. The van der Waals surface area contributed by atoms with Gasteiger partial charge in [0.15, 0.2) is 5.65 Å². The van der Waals surface area contributed by atoms with Crippen LogP contribution in [0.3, 0.4) is 0 Å². The molecule has 4 aromatic rings. The summed E-state index contributed by atoms with van der Waals surface area (Å²) in [7, 11) is -1.86. The maximum absolute atomic E-state index is 12.1. The zero-order valence-electron chi connectivity index (χ0n) is 15.4. The van der Waals surface area contributed by atoms with Crippen LogP contribution in [0.1, 0.15) is 0 Å². The van der Waals surface area contributed by atoms with Crippen molar-refractivity contribution in [2.75, 3.05) is 18.5 Å². The first kappa shape index (κ1) is 19.0. The van der Waals surface area contributed by atoms with Gasteiger partial charge in [0.05, 0.1) is 40.7 Å². The number of hydrogen-bond acceptors (Lipinski definition) is 8. The van der Waals surface area contributed by atoms with Crippen LogP contribution in [0.5, 0.6) is 0 Å². The van der Waals surface area contributed by atoms with Crippen molar-refractivity contribution in [3.8, 4) is 5.69 Å². The first-order chi connectivity index (χ1) is 14.0. The van der Waals surface area contributed by atoms with Crippen molar-refractivity contribution in [2.45, 2.75) is 4.90 Å². The molecule has 150 valence electrons. The van der Waals surface area contributed by atoms with Crippen molar-refractivity contribution in [1.82, 2.24) is 34.3 Å². The predicted octanol–water partition coefficient (Wildman–Crippen LogP) is 0.563. The predicted molar refractivity (Wildman–Crippen MR) is 105 cm³/mol. The van der Waals surface area contributed by atoms with Crippen molar-refractivity contribution < 1.29 is 13.5 Å². The zero-order chi connectivity index (χ0) is 20.4. The van der Waals surface area contributed by atoms with Crippen LogP contribution in [0.15, 0.2) is 53.9 Å². The van der Waals surface area contributed by atoms with E-state index in [1.807, 2.05) is 7.05 Å². The Morgan fingerprint density at radius 3 is 2.59 bits per heavy atom. The SMILES string of the molecule is Cn1cc(Nc2ncc3cnn(-c4ccc(S(=O)(=O)NCCO)cc4)c3n2)cn1. The van der Waals surface area contributed by atoms with Crippen LogP contribution in [0.4, 0.5) is 11.6 Å². The smallest absolute Gasteiger partial charge is 0.240 e. The molecule has 12 heteroatoms. The van der Waals surface area contributed by atoms with Crippen LogP contribution >= 0.6 is 0 Å². The number of aliphatic hydroxyl groups excluding tert-OH is 1. The molecule has 29 heavy (non-hydrogen) atoms. The first-order valence-corrected chi connectivity index (χ1v) is 10.1. The van der Waals surface area contributed by atoms with E-state index < -0.39 is 10.0 Å². The van der Waals surface area contributed by atoms with Crippen LogP contribution in [0.2, 0.25) is 0 Å². The topological polar surface area (TPSA) is 140 Å². The maximum Gasteiger partial charge on any atom is 0.240 e. The lowest BCUT2D eigenvalue weighted by atomic mass is 10.3. The molecule has 0 fully saturated rings. The van der Waals surface area contributed by atoms with Gasteiger partial charge in [-0.05, 0) is 24.3 Å². The molecule has 0 radical (unpaired) electrons. The lowest BCUT2D eigenvalue weighted by Crippen LogP contribution is -2.26. The summed E-state index contributed by atoms with van der Waals surface area (Å²) < 4.78 is 29.9. The summed E-state index contributed by atoms with van der Waals surface area (Å²) in [4.78, 5) is 8.88. The van der Waals surface area contributed by atoms with Crippen molar-refractivity contribution in [2.24, 2.45) is 7.05 Å². The third-order valence-electron chi connectivity index (χ3n) is 4.07. The molecule has 0 aliphatic rings. The van der Waals surface area contributed by atoms with E-state index in [0.717, 1.165) is 11.1 Å². The number of aliphatic hydroxyl groups is 1. The summed E-state index contributed by atoms with van der Waals surface area (Å²) in [5.74, 6) is 0.389. The minimum Gasteiger partial charge on any atom is -0.395 e. The summed E-state index contributed by atoms with van der Waals surface area (Å²) in [6.45, 7) is -0.316. The molecule has 0 spiro atoms. The van der Waals surface area contributed by atoms with E-state index in [4.69, 9.17) is 5.11 Å². The molecule has 3 N–H and O–H groups in total. The molecule has 0 aliphatic carbocycles. The van der Waals surface area contributed by atoms with Gasteiger partial charge in [0, 0.05) is 26.0 Å². The van der Waals surface area contributed by atoms with E-state index in [2.05, 4.69) is 30.2 Å². The van der Waals surface area contributed by atoms with E-state index in [1.54, 1.807) is 46.3 Å². The average Bonchev–Trinajstić information content (AvgIpc) is 3.32. The Bertz CT molecular complexity index is 1250. The maximum atomic E-state index is 12.1. The fourth-order valence-electron chi connectivity index (χ4n) is 2.71. The van der Waals surface area contributed by atoms with E-state index in [0.29, 0.717) is 17.3 Å². The number of hydrogen-bond donors (Lipinski definition) is 3. The molecule has 0 unspecified atom stereocenters. The number of aromatic nitrogens is 6. The molecule has 3 heterocycles. The molecule has 4 rings (SSSR count). The Labute approximate surface area is 166 Å². The molecule has 0 saturated carbocycles. The van der Waals surface area contributed by atoms with Crippen molar-refractivity contribution in [3.05, 3.63) is 49.1 Å². The van der Waals surface area contributed by atoms with Gasteiger partial charge in [0.25, 0.3) is 0 Å². The molecule has 3 aromatic heterocycles. The highest BCUT2D eigenvalue weighted by Crippen LogP contribution is 2.20. The molecule has 0 atom stereocenters. The average molecular weight is 414 g/mol. The Hall–Kier alpha value is -3.35. The standard InChI is InChI=1S/C17H18N8O3S/c1-24-11-13(10-19-24)22-17-18-8-12-9-20-25(16(12)23-17)14-2-4-15(5-3-14)29(27,28)21-6-7-26/h2-5,8-11,21,26H,6-7H2,1H3,(H,18,22,23). The van der Waals surface area contributed by atoms with E-state index in [9.17, 15) is 8.42 Å². The molecular weight excluding hydrogens is 396 g/mol. The van der Waals surface area contributed by atoms with Crippen molar-refractivity contribution >= 4 is 32.7 Å². The second kappa shape index (κ2) is 7.58. The van der Waals surface area contributed by atoms with Gasteiger partial charge in [-0.25, -0.2) is 22.8 Å². The summed E-state index contributed by atoms with van der Waals surface area (Å²) in [6, 6.07) is 6.21. The molecule has 11 nitrogen and oxygen atoms in total. The number of benzene rings is 1. The Morgan fingerprint density at radius 1 is 1.10 bits per heavy atom. The van der Waals surface area contributed by atoms with Gasteiger partial charge in [0.1, 0.15) is 0 Å². The van der Waals surface area contributed by atoms with Gasteiger partial charge in [-0.15, -0.1) is 0 Å². The van der Waals surface area contributed by atoms with Gasteiger partial charge in [-0.3, -0.25) is 4.68 Å². The van der Waals surface area contributed by atoms with Crippen LogP contribution in [0, 0.1) is 0 Å². The second-order valence-corrected chi connectivity index (χ2v) is 7.94. The monoisotopic (exact) mass is 414 g/mol. The number of sulfonamides is 1. The Kier molecular flexibility index (Phi) is 4.96. The number of anilines is 2. The molecular formula is C17H18N8O3S. The highest BCUT2D eigenvalue weighted by atomic mass is 32.2. The Morgan fingerprint density at radius 2 is 1.90 bits per heavy atom. The first-order valence-electron chi connectivity index (χ1n) is 8.64. The minimum atomic E-state index is -3.67. The summed E-state index contributed by atoms with van der Waals surface area (Å²) in [5, 5.41) is 21.0. The molecule has 0 saturated heterocycles. The van der Waals surface area contributed by atoms with Gasteiger partial charge in [0.2, 0.25) is 16.0 Å². The van der Waals surface area contributed by atoms with Gasteiger partial charge in [-0.2, -0.15) is 15.2 Å². The van der Waals surface area contributed by atoms with Gasteiger partial charge in [-0.1, -0.05) is 0 Å². The van der Waals surface area contributed by atoms with Crippen LogP contribution in [0.25, 0.3) is 16.7 Å². The summed E-state index contributed by atoms with van der Waals surface area (Å²) in [6.07, 6.45) is 6.75. The molecule has 0 bridgehead atoms. The number of nitrogens with zero attached hydrogens (tertiary/aromatic N) is 6. The quantitative estimate of drug-likeness (QED) is 0.399. The minimum absolute atomic E-state index is 0.0441. The lowest BCUT2D eigenvalue weighted by Gasteiger charge is -2.08. The summed E-state index contributed by atoms with van der Waals surface area (Å²) in [5.41, 5.74) is 1.97. The zero-order valence-corrected chi connectivity index (χ0v) is 16.2. The normalized spacial score (nSPS) is 11.8. The highest BCUT2D eigenvalue weighted by molar-refractivity contribution is 7.89. The van der Waals surface area contributed by atoms with Crippen LogP contribution in [-0.4, -0.2) is 56.2 Å².